The fourth-order valence-corrected chi connectivity index (χ4v) is 2.92. The minimum absolute atomic E-state index is 0.0000107. The highest BCUT2D eigenvalue weighted by molar-refractivity contribution is 6.07. The maximum Gasteiger partial charge on any atom is 0.330 e. The summed E-state index contributed by atoms with van der Waals surface area (Å²) in [5, 5.41) is 0. The number of nitrogen functional groups attached to an aromatic ring is 1. The molecule has 0 aliphatic carbocycles. The molecule has 2 aromatic heterocycles. The first-order valence-corrected chi connectivity index (χ1v) is 9.04. The zero-order valence-electron chi connectivity index (χ0n) is 15.6. The average molecular weight is 382 g/mol. The Hall–Kier alpha value is -3.55. The summed E-state index contributed by atoms with van der Waals surface area (Å²) in [6.07, 6.45) is 3.04. The Bertz CT molecular complexity index is 1050. The molecule has 0 spiro atoms. The summed E-state index contributed by atoms with van der Waals surface area (Å²) in [7, 11) is 0. The van der Waals surface area contributed by atoms with Crippen molar-refractivity contribution in [2.75, 3.05) is 10.6 Å². The first-order valence-electron chi connectivity index (χ1n) is 9.04. The minimum atomic E-state index is -0.717. The van der Waals surface area contributed by atoms with E-state index in [0.717, 1.165) is 6.42 Å². The van der Waals surface area contributed by atoms with Crippen LogP contribution in [0.15, 0.2) is 62.7 Å². The zero-order chi connectivity index (χ0) is 20.1. The average Bonchev–Trinajstić information content (AvgIpc) is 3.20. The molecular weight excluding hydrogens is 360 g/mol. The standard InChI is InChI=1S/C20H22N4O4/c1-2-3-11-23-17(21)16(18(25)22-20(23)27)24(13-15-10-7-12-28-15)19(26)14-8-5-4-6-9-14/h4-10,12H,2-3,11,13,21H2,1H3,(H,22,25,27). The molecule has 8 heteroatoms. The van der Waals surface area contributed by atoms with Crippen molar-refractivity contribution in [1.82, 2.24) is 9.55 Å². The number of hydrogen-bond donors (Lipinski definition) is 2. The zero-order valence-corrected chi connectivity index (χ0v) is 15.6. The summed E-state index contributed by atoms with van der Waals surface area (Å²) in [6.45, 7) is 2.33. The number of unbranched alkanes of at least 4 members (excludes halogenated alkanes) is 1. The summed E-state index contributed by atoms with van der Waals surface area (Å²) >= 11 is 0. The number of nitrogens with one attached hydrogen (secondary N) is 1. The van der Waals surface area contributed by atoms with Crippen LogP contribution in [-0.2, 0) is 13.1 Å². The third-order valence-electron chi connectivity index (χ3n) is 4.38. The van der Waals surface area contributed by atoms with Crippen LogP contribution in [0.4, 0.5) is 11.5 Å². The predicted molar refractivity (Wildman–Crippen MR) is 106 cm³/mol. The molecular formula is C20H22N4O4. The van der Waals surface area contributed by atoms with Gasteiger partial charge in [0.2, 0.25) is 0 Å². The molecule has 3 rings (SSSR count). The number of carbonyl (C=O) groups is 1. The largest absolute Gasteiger partial charge is 0.467 e. The van der Waals surface area contributed by atoms with Crippen molar-refractivity contribution in [3.63, 3.8) is 0 Å². The van der Waals surface area contributed by atoms with E-state index in [4.69, 9.17) is 10.2 Å². The van der Waals surface area contributed by atoms with Gasteiger partial charge in [0.1, 0.15) is 11.6 Å². The van der Waals surface area contributed by atoms with Crippen LogP contribution in [0.2, 0.25) is 0 Å². The Morgan fingerprint density at radius 3 is 2.57 bits per heavy atom. The van der Waals surface area contributed by atoms with Gasteiger partial charge in [-0.25, -0.2) is 4.79 Å². The van der Waals surface area contributed by atoms with E-state index >= 15 is 0 Å². The Labute approximate surface area is 161 Å². The second-order valence-electron chi connectivity index (χ2n) is 6.34. The third-order valence-corrected chi connectivity index (χ3v) is 4.38. The number of anilines is 2. The number of nitrogens with zero attached hydrogens (tertiary/aromatic N) is 2. The third kappa shape index (κ3) is 3.90. The van der Waals surface area contributed by atoms with Gasteiger partial charge in [-0.1, -0.05) is 31.5 Å². The first-order chi connectivity index (χ1) is 13.5. The van der Waals surface area contributed by atoms with E-state index in [9.17, 15) is 14.4 Å². The van der Waals surface area contributed by atoms with Crippen LogP contribution in [0.25, 0.3) is 0 Å². The maximum absolute atomic E-state index is 13.2. The van der Waals surface area contributed by atoms with E-state index in [1.54, 1.807) is 42.5 Å². The lowest BCUT2D eigenvalue weighted by Gasteiger charge is -2.24. The number of nitrogens with two attached hydrogens (primary N) is 1. The number of carbonyl (C=O) groups excluding carboxylic acids is 1. The van der Waals surface area contributed by atoms with Crippen molar-refractivity contribution >= 4 is 17.4 Å². The van der Waals surface area contributed by atoms with Gasteiger partial charge >= 0.3 is 5.69 Å². The smallest absolute Gasteiger partial charge is 0.330 e. The van der Waals surface area contributed by atoms with Crippen molar-refractivity contribution in [1.29, 1.82) is 0 Å². The van der Waals surface area contributed by atoms with Crippen molar-refractivity contribution in [2.24, 2.45) is 0 Å². The van der Waals surface area contributed by atoms with Crippen LogP contribution in [-0.4, -0.2) is 15.5 Å². The molecule has 0 unspecified atom stereocenters. The van der Waals surface area contributed by atoms with Gasteiger partial charge in [-0.2, -0.15) is 0 Å². The van der Waals surface area contributed by atoms with E-state index in [1.807, 2.05) is 6.92 Å². The second-order valence-corrected chi connectivity index (χ2v) is 6.34. The van der Waals surface area contributed by atoms with Gasteiger partial charge in [0, 0.05) is 12.1 Å². The topological polar surface area (TPSA) is 114 Å². The van der Waals surface area contributed by atoms with E-state index < -0.39 is 17.2 Å². The Morgan fingerprint density at radius 1 is 1.18 bits per heavy atom. The van der Waals surface area contributed by atoms with E-state index in [2.05, 4.69) is 4.98 Å². The normalized spacial score (nSPS) is 10.8. The number of furan rings is 1. The fraction of sp³-hybridized carbons (Fsp3) is 0.250. The lowest BCUT2D eigenvalue weighted by molar-refractivity contribution is 0.0983. The van der Waals surface area contributed by atoms with Gasteiger partial charge in [0.05, 0.1) is 12.8 Å². The molecule has 1 aromatic carbocycles. The Morgan fingerprint density at radius 2 is 1.93 bits per heavy atom. The minimum Gasteiger partial charge on any atom is -0.467 e. The van der Waals surface area contributed by atoms with Gasteiger partial charge in [0.25, 0.3) is 11.5 Å². The van der Waals surface area contributed by atoms with Crippen LogP contribution < -0.4 is 21.9 Å². The molecule has 8 nitrogen and oxygen atoms in total. The number of aromatic nitrogens is 2. The Kier molecular flexibility index (Phi) is 5.78. The summed E-state index contributed by atoms with van der Waals surface area (Å²) in [6, 6.07) is 11.9. The number of H-pyrrole nitrogens is 1. The van der Waals surface area contributed by atoms with Gasteiger partial charge in [-0.3, -0.25) is 24.0 Å². The van der Waals surface area contributed by atoms with Gasteiger partial charge in [-0.05, 0) is 30.7 Å². The first kappa shape index (κ1) is 19.2. The summed E-state index contributed by atoms with van der Waals surface area (Å²) < 4.78 is 6.64. The second kappa shape index (κ2) is 8.43. The van der Waals surface area contributed by atoms with Crippen molar-refractivity contribution in [3.8, 4) is 0 Å². The lowest BCUT2D eigenvalue weighted by Crippen LogP contribution is -2.40. The number of rotatable bonds is 7. The summed E-state index contributed by atoms with van der Waals surface area (Å²) in [5.74, 6) is 0.0160. The molecule has 0 saturated heterocycles. The quantitative estimate of drug-likeness (QED) is 0.651. The molecule has 0 fully saturated rings. The molecule has 0 aliphatic rings. The molecule has 0 bridgehead atoms. The summed E-state index contributed by atoms with van der Waals surface area (Å²) in [5.41, 5.74) is 5.20. The van der Waals surface area contributed by atoms with Crippen molar-refractivity contribution in [3.05, 3.63) is 80.9 Å². The van der Waals surface area contributed by atoms with Crippen LogP contribution in [0, 0.1) is 0 Å². The number of hydrogen-bond acceptors (Lipinski definition) is 5. The maximum atomic E-state index is 13.2. The fourth-order valence-electron chi connectivity index (χ4n) is 2.92. The molecule has 3 aromatic rings. The highest BCUT2D eigenvalue weighted by atomic mass is 16.3. The van der Waals surface area contributed by atoms with Gasteiger partial charge in [-0.15, -0.1) is 0 Å². The lowest BCUT2D eigenvalue weighted by atomic mass is 10.2. The monoisotopic (exact) mass is 382 g/mol. The van der Waals surface area contributed by atoms with Crippen molar-refractivity contribution in [2.45, 2.75) is 32.9 Å². The molecule has 146 valence electrons. The molecule has 28 heavy (non-hydrogen) atoms. The molecule has 0 saturated carbocycles. The Balaban J connectivity index is 2.13. The highest BCUT2D eigenvalue weighted by Crippen LogP contribution is 2.22. The van der Waals surface area contributed by atoms with Crippen LogP contribution in [0.5, 0.6) is 0 Å². The van der Waals surface area contributed by atoms with Crippen LogP contribution in [0.1, 0.15) is 35.9 Å². The molecule has 2 heterocycles. The molecule has 0 aliphatic heterocycles. The number of benzene rings is 1. The highest BCUT2D eigenvalue weighted by Gasteiger charge is 2.26. The number of aromatic amines is 1. The molecule has 0 atom stereocenters. The van der Waals surface area contributed by atoms with Crippen LogP contribution in [0.3, 0.4) is 0 Å². The molecule has 1 amide bonds. The van der Waals surface area contributed by atoms with Crippen LogP contribution >= 0.6 is 0 Å². The van der Waals surface area contributed by atoms with E-state index in [1.165, 1.54) is 15.7 Å². The van der Waals surface area contributed by atoms with Crippen molar-refractivity contribution < 1.29 is 9.21 Å². The van der Waals surface area contributed by atoms with Gasteiger partial charge < -0.3 is 10.2 Å². The van der Waals surface area contributed by atoms with Gasteiger partial charge in [0.15, 0.2) is 5.69 Å². The molecule has 0 radical (unpaired) electrons. The summed E-state index contributed by atoms with van der Waals surface area (Å²) in [4.78, 5) is 41.5. The molecule has 3 N–H and O–H groups in total. The van der Waals surface area contributed by atoms with E-state index in [0.29, 0.717) is 24.3 Å². The number of amides is 1. The van der Waals surface area contributed by atoms with E-state index in [-0.39, 0.29) is 18.1 Å². The SMILES string of the molecule is CCCCn1c(N)c(N(Cc2ccco2)C(=O)c2ccccc2)c(=O)[nH]c1=O. The predicted octanol–water partition coefficient (Wildman–Crippen LogP) is 2.36.